The van der Waals surface area contributed by atoms with Gasteiger partial charge >= 0.3 is 0 Å². The van der Waals surface area contributed by atoms with Crippen molar-refractivity contribution in [2.75, 3.05) is 6.61 Å². The maximum absolute atomic E-state index is 6.19. The van der Waals surface area contributed by atoms with Crippen LogP contribution in [0.3, 0.4) is 0 Å². The van der Waals surface area contributed by atoms with E-state index in [0.29, 0.717) is 5.04 Å². The molecule has 0 spiro atoms. The van der Waals surface area contributed by atoms with Crippen LogP contribution in [0.25, 0.3) is 11.2 Å². The Morgan fingerprint density at radius 3 is 2.52 bits per heavy atom. The van der Waals surface area contributed by atoms with Crippen molar-refractivity contribution in [1.29, 1.82) is 0 Å². The van der Waals surface area contributed by atoms with Gasteiger partial charge in [0.1, 0.15) is 5.52 Å². The summed E-state index contributed by atoms with van der Waals surface area (Å²) < 4.78 is 6.19. The summed E-state index contributed by atoms with van der Waals surface area (Å²) in [6, 6.07) is 2.09. The van der Waals surface area contributed by atoms with Gasteiger partial charge in [0.2, 0.25) is 0 Å². The van der Waals surface area contributed by atoms with Crippen molar-refractivity contribution in [3.63, 3.8) is 0 Å². The molecule has 0 aliphatic carbocycles. The molecule has 0 aliphatic heterocycles. The van der Waals surface area contributed by atoms with Gasteiger partial charge in [0.15, 0.2) is 14.0 Å². The Hall–Kier alpha value is -1.20. The summed E-state index contributed by atoms with van der Waals surface area (Å²) in [5, 5.41) is 0.293. The number of nitrogens with one attached hydrogen (secondary N) is 1. The highest BCUT2D eigenvalue weighted by atomic mass is 28.4. The molecular weight excluding hydrogens is 278 g/mol. The van der Waals surface area contributed by atoms with Crippen LogP contribution >= 0.6 is 0 Å². The highest BCUT2D eigenvalue weighted by Gasteiger charge is 2.36. The van der Waals surface area contributed by atoms with Gasteiger partial charge in [0.25, 0.3) is 0 Å². The quantitative estimate of drug-likeness (QED) is 0.639. The first-order valence-corrected chi connectivity index (χ1v) is 10.6. The molecule has 0 saturated heterocycles. The van der Waals surface area contributed by atoms with E-state index in [0.717, 1.165) is 37.0 Å². The fraction of sp³-hybridized carbons (Fsp3) is 0.625. The number of aromatic nitrogens is 3. The molecule has 0 aromatic carbocycles. The van der Waals surface area contributed by atoms with Crippen LogP contribution in [-0.2, 0) is 10.8 Å². The lowest BCUT2D eigenvalue weighted by Gasteiger charge is -2.36. The number of unbranched alkanes of at least 4 members (excludes halogenated alkanes) is 1. The third-order valence-electron chi connectivity index (χ3n) is 4.43. The van der Waals surface area contributed by atoms with Gasteiger partial charge in [-0.3, -0.25) is 4.98 Å². The summed E-state index contributed by atoms with van der Waals surface area (Å²) in [6.45, 7) is 12.3. The van der Waals surface area contributed by atoms with E-state index in [2.05, 4.69) is 54.9 Å². The number of hydrogen-bond donors (Lipinski definition) is 1. The summed E-state index contributed by atoms with van der Waals surface area (Å²) in [4.78, 5) is 11.9. The van der Waals surface area contributed by atoms with E-state index in [9.17, 15) is 0 Å². The molecule has 2 rings (SSSR count). The third-order valence-corrected chi connectivity index (χ3v) is 8.96. The zero-order valence-electron chi connectivity index (χ0n) is 13.9. The van der Waals surface area contributed by atoms with Gasteiger partial charge < -0.3 is 9.41 Å². The first kappa shape index (κ1) is 16.2. The van der Waals surface area contributed by atoms with Crippen LogP contribution in [0.5, 0.6) is 0 Å². The van der Waals surface area contributed by atoms with Gasteiger partial charge in [-0.1, -0.05) is 20.8 Å². The van der Waals surface area contributed by atoms with Gasteiger partial charge in [-0.2, -0.15) is 0 Å². The molecule has 2 aromatic heterocycles. The maximum atomic E-state index is 6.19. The summed E-state index contributed by atoms with van der Waals surface area (Å²) >= 11 is 0. The normalized spacial score (nSPS) is 13.0. The molecule has 4 nitrogen and oxygen atoms in total. The second-order valence-electron chi connectivity index (χ2n) is 7.15. The first-order valence-electron chi connectivity index (χ1n) is 7.72. The molecule has 0 unspecified atom stereocenters. The number of aryl methyl sites for hydroxylation is 1. The van der Waals surface area contributed by atoms with Crippen LogP contribution in [0.4, 0.5) is 0 Å². The Kier molecular flexibility index (Phi) is 4.83. The van der Waals surface area contributed by atoms with Crippen LogP contribution in [0.15, 0.2) is 18.5 Å². The standard InChI is InChI=1S/C16H27N3OSi/c1-16(2,3)21(4,5)20-11-7-6-8-13-12-14-15(19-13)18-10-9-17-14/h9-10,12H,6-8,11H2,1-5H3,(H,18,19). The zero-order chi connectivity index (χ0) is 15.5. The predicted molar refractivity (Wildman–Crippen MR) is 90.0 cm³/mol. The third kappa shape index (κ3) is 4.14. The summed E-state index contributed by atoms with van der Waals surface area (Å²) in [5.41, 5.74) is 3.04. The van der Waals surface area contributed by atoms with E-state index in [1.54, 1.807) is 12.4 Å². The SMILES string of the molecule is CC(C)(C)[Si](C)(C)OCCCCc1cc2nccnc2[nH]1. The average molecular weight is 305 g/mol. The average Bonchev–Trinajstić information content (AvgIpc) is 2.79. The van der Waals surface area contributed by atoms with Crippen LogP contribution < -0.4 is 0 Å². The van der Waals surface area contributed by atoms with Gasteiger partial charge in [-0.15, -0.1) is 0 Å². The second kappa shape index (κ2) is 6.28. The van der Waals surface area contributed by atoms with Crippen molar-refractivity contribution >= 4 is 19.5 Å². The number of rotatable bonds is 6. The Labute approximate surface area is 128 Å². The van der Waals surface area contributed by atoms with Crippen molar-refractivity contribution in [2.24, 2.45) is 0 Å². The molecule has 0 aliphatic rings. The molecule has 1 N–H and O–H groups in total. The molecule has 0 amide bonds. The van der Waals surface area contributed by atoms with Gasteiger partial charge in [0.05, 0.1) is 0 Å². The molecule has 0 radical (unpaired) electrons. The van der Waals surface area contributed by atoms with Crippen LogP contribution in [0.2, 0.25) is 18.1 Å². The minimum atomic E-state index is -1.59. The Morgan fingerprint density at radius 1 is 1.14 bits per heavy atom. The molecule has 0 fully saturated rings. The van der Waals surface area contributed by atoms with E-state index < -0.39 is 8.32 Å². The predicted octanol–water partition coefficient (Wildman–Crippen LogP) is 4.30. The number of aromatic amines is 1. The molecular formula is C16H27N3OSi. The summed E-state index contributed by atoms with van der Waals surface area (Å²) in [7, 11) is -1.59. The van der Waals surface area contributed by atoms with E-state index >= 15 is 0 Å². The molecule has 0 atom stereocenters. The molecule has 5 heteroatoms. The fourth-order valence-corrected chi connectivity index (χ4v) is 3.09. The zero-order valence-corrected chi connectivity index (χ0v) is 14.9. The fourth-order valence-electron chi connectivity index (χ4n) is 2.00. The van der Waals surface area contributed by atoms with E-state index in [1.807, 2.05) is 0 Å². The Morgan fingerprint density at radius 2 is 1.86 bits per heavy atom. The molecule has 2 aromatic rings. The lowest BCUT2D eigenvalue weighted by Crippen LogP contribution is -2.40. The number of fused-ring (bicyclic) bond motifs is 1. The molecule has 0 saturated carbocycles. The maximum Gasteiger partial charge on any atom is 0.191 e. The van der Waals surface area contributed by atoms with E-state index in [-0.39, 0.29) is 0 Å². The Balaban J connectivity index is 1.75. The van der Waals surface area contributed by atoms with E-state index in [4.69, 9.17) is 4.43 Å². The highest BCUT2D eigenvalue weighted by Crippen LogP contribution is 2.36. The van der Waals surface area contributed by atoms with Gasteiger partial charge in [-0.25, -0.2) is 4.98 Å². The smallest absolute Gasteiger partial charge is 0.191 e. The molecule has 2 heterocycles. The second-order valence-corrected chi connectivity index (χ2v) is 12.0. The van der Waals surface area contributed by atoms with Crippen molar-refractivity contribution in [3.8, 4) is 0 Å². The number of nitrogens with zero attached hydrogens (tertiary/aromatic N) is 2. The topological polar surface area (TPSA) is 50.8 Å². The lowest BCUT2D eigenvalue weighted by molar-refractivity contribution is 0.279. The lowest BCUT2D eigenvalue weighted by atomic mass is 10.2. The number of hydrogen-bond acceptors (Lipinski definition) is 3. The minimum Gasteiger partial charge on any atom is -0.417 e. The van der Waals surface area contributed by atoms with Crippen molar-refractivity contribution in [3.05, 3.63) is 24.2 Å². The Bertz CT molecular complexity index is 553. The van der Waals surface area contributed by atoms with Crippen LogP contribution in [-0.4, -0.2) is 29.9 Å². The van der Waals surface area contributed by atoms with Crippen molar-refractivity contribution in [1.82, 2.24) is 15.0 Å². The van der Waals surface area contributed by atoms with Crippen LogP contribution in [0.1, 0.15) is 39.3 Å². The minimum absolute atomic E-state index is 0.293. The monoisotopic (exact) mass is 305 g/mol. The number of H-pyrrole nitrogens is 1. The largest absolute Gasteiger partial charge is 0.417 e. The van der Waals surface area contributed by atoms with E-state index in [1.165, 1.54) is 5.69 Å². The van der Waals surface area contributed by atoms with Gasteiger partial charge in [0, 0.05) is 24.7 Å². The van der Waals surface area contributed by atoms with Gasteiger partial charge in [-0.05, 0) is 43.5 Å². The summed E-state index contributed by atoms with van der Waals surface area (Å²) in [6.07, 6.45) is 6.70. The molecule has 21 heavy (non-hydrogen) atoms. The van der Waals surface area contributed by atoms with Crippen molar-refractivity contribution < 1.29 is 4.43 Å². The van der Waals surface area contributed by atoms with Crippen molar-refractivity contribution in [2.45, 2.75) is 58.2 Å². The molecule has 0 bridgehead atoms. The molecule has 116 valence electrons. The summed E-state index contributed by atoms with van der Waals surface area (Å²) in [5.74, 6) is 0. The van der Waals surface area contributed by atoms with Crippen LogP contribution in [0, 0.1) is 0 Å². The first-order chi connectivity index (χ1) is 9.79. The highest BCUT2D eigenvalue weighted by molar-refractivity contribution is 6.74.